The van der Waals surface area contributed by atoms with Crippen molar-refractivity contribution in [3.05, 3.63) is 40.9 Å². The molecule has 1 amide bonds. The summed E-state index contributed by atoms with van der Waals surface area (Å²) in [6.07, 6.45) is 0. The maximum Gasteiger partial charge on any atom is 0.251 e. The van der Waals surface area contributed by atoms with E-state index in [1.54, 1.807) is 13.2 Å². The molecule has 2 rings (SSSR count). The first-order valence-corrected chi connectivity index (χ1v) is 7.54. The second-order valence-corrected chi connectivity index (χ2v) is 5.23. The molecule has 1 heterocycles. The highest BCUT2D eigenvalue weighted by Crippen LogP contribution is 2.25. The average Bonchev–Trinajstić information content (AvgIpc) is 2.96. The number of ether oxygens (including phenoxy) is 1. The molecular weight excluding hydrogens is 296 g/mol. The zero-order valence-corrected chi connectivity index (χ0v) is 12.6. The van der Waals surface area contributed by atoms with Gasteiger partial charge in [-0.25, -0.2) is 4.98 Å². The Morgan fingerprint density at radius 1 is 1.50 bits per heavy atom. The molecule has 0 spiro atoms. The first kappa shape index (κ1) is 15.0. The minimum Gasteiger partial charge on any atom is -0.383 e. The predicted molar refractivity (Wildman–Crippen MR) is 81.3 cm³/mol. The molecule has 106 valence electrons. The first-order chi connectivity index (χ1) is 9.74. The van der Waals surface area contributed by atoms with Gasteiger partial charge in [0.25, 0.3) is 5.91 Å². The van der Waals surface area contributed by atoms with Crippen molar-refractivity contribution in [1.82, 2.24) is 10.3 Å². The number of thiazole rings is 1. The van der Waals surface area contributed by atoms with Gasteiger partial charge in [0.05, 0.1) is 18.2 Å². The fourth-order valence-electron chi connectivity index (χ4n) is 1.66. The number of carbonyl (C=O) groups excluding carboxylic acids is 1. The van der Waals surface area contributed by atoms with Crippen LogP contribution in [0.3, 0.4) is 0 Å². The maximum absolute atomic E-state index is 12.0. The van der Waals surface area contributed by atoms with E-state index in [1.807, 2.05) is 23.6 Å². The second kappa shape index (κ2) is 7.38. The van der Waals surface area contributed by atoms with E-state index in [9.17, 15) is 4.79 Å². The van der Waals surface area contributed by atoms with Gasteiger partial charge >= 0.3 is 0 Å². The predicted octanol–water partition coefficient (Wildman–Crippen LogP) is 2.93. The molecule has 0 saturated heterocycles. The van der Waals surface area contributed by atoms with Gasteiger partial charge in [0, 0.05) is 30.2 Å². The summed E-state index contributed by atoms with van der Waals surface area (Å²) in [7, 11) is 1.60. The number of benzene rings is 1. The van der Waals surface area contributed by atoms with Crippen molar-refractivity contribution in [3.8, 4) is 10.6 Å². The van der Waals surface area contributed by atoms with E-state index in [1.165, 1.54) is 11.3 Å². The van der Waals surface area contributed by atoms with Gasteiger partial charge in [0.15, 0.2) is 0 Å². The Labute approximate surface area is 126 Å². The van der Waals surface area contributed by atoms with Crippen LogP contribution in [0.4, 0.5) is 0 Å². The first-order valence-electron chi connectivity index (χ1n) is 6.12. The maximum atomic E-state index is 12.0. The Morgan fingerprint density at radius 3 is 3.05 bits per heavy atom. The van der Waals surface area contributed by atoms with Gasteiger partial charge in [-0.2, -0.15) is 0 Å². The van der Waals surface area contributed by atoms with Gasteiger partial charge in [0.1, 0.15) is 5.01 Å². The average molecular weight is 311 g/mol. The van der Waals surface area contributed by atoms with E-state index in [-0.39, 0.29) is 5.91 Å². The van der Waals surface area contributed by atoms with Gasteiger partial charge in [-0.05, 0) is 12.1 Å². The third kappa shape index (κ3) is 3.79. The molecule has 2 aromatic rings. The highest BCUT2D eigenvalue weighted by molar-refractivity contribution is 7.13. The molecule has 4 nitrogen and oxygen atoms in total. The molecular formula is C14H15ClN2O2S. The lowest BCUT2D eigenvalue weighted by Crippen LogP contribution is -2.26. The summed E-state index contributed by atoms with van der Waals surface area (Å²) >= 11 is 7.27. The molecule has 20 heavy (non-hydrogen) atoms. The van der Waals surface area contributed by atoms with Crippen molar-refractivity contribution < 1.29 is 9.53 Å². The number of methoxy groups -OCH3 is 1. The van der Waals surface area contributed by atoms with Crippen LogP contribution in [0.2, 0.25) is 0 Å². The normalized spacial score (nSPS) is 10.5. The van der Waals surface area contributed by atoms with Crippen LogP contribution in [0, 0.1) is 0 Å². The summed E-state index contributed by atoms with van der Waals surface area (Å²) in [6.45, 7) is 0.990. The zero-order valence-electron chi connectivity index (χ0n) is 11.1. The number of alkyl halides is 1. The molecule has 0 aliphatic rings. The van der Waals surface area contributed by atoms with Gasteiger partial charge in [-0.3, -0.25) is 4.79 Å². The molecule has 0 unspecified atom stereocenters. The number of nitrogens with one attached hydrogen (secondary N) is 1. The molecule has 0 saturated carbocycles. The molecule has 0 atom stereocenters. The van der Waals surface area contributed by atoms with Crippen molar-refractivity contribution in [1.29, 1.82) is 0 Å². The molecule has 1 N–H and O–H groups in total. The summed E-state index contributed by atoms with van der Waals surface area (Å²) in [6, 6.07) is 7.39. The monoisotopic (exact) mass is 310 g/mol. The Balaban J connectivity index is 2.13. The lowest BCUT2D eigenvalue weighted by atomic mass is 10.1. The minimum atomic E-state index is -0.113. The van der Waals surface area contributed by atoms with Crippen LogP contribution in [0.25, 0.3) is 10.6 Å². The number of hydrogen-bond donors (Lipinski definition) is 1. The van der Waals surface area contributed by atoms with Gasteiger partial charge in [-0.15, -0.1) is 22.9 Å². The van der Waals surface area contributed by atoms with Crippen LogP contribution in [-0.4, -0.2) is 31.2 Å². The topological polar surface area (TPSA) is 51.2 Å². The number of aromatic nitrogens is 1. The van der Waals surface area contributed by atoms with E-state index in [0.717, 1.165) is 16.3 Å². The van der Waals surface area contributed by atoms with Crippen LogP contribution in [0.1, 0.15) is 16.1 Å². The van der Waals surface area contributed by atoms with Gasteiger partial charge < -0.3 is 10.1 Å². The summed E-state index contributed by atoms with van der Waals surface area (Å²) in [4.78, 5) is 16.4. The van der Waals surface area contributed by atoms with Crippen LogP contribution in [0.5, 0.6) is 0 Å². The molecule has 0 radical (unpaired) electrons. The van der Waals surface area contributed by atoms with Crippen molar-refractivity contribution >= 4 is 28.8 Å². The third-order valence-electron chi connectivity index (χ3n) is 2.65. The molecule has 0 aliphatic carbocycles. The standard InChI is InChI=1S/C14H15ClN2O2S/c1-19-6-5-16-13(18)10-3-2-4-11(7-10)14-17-12(8-15)9-20-14/h2-4,7,9H,5-6,8H2,1H3,(H,16,18). The molecule has 0 bridgehead atoms. The fraction of sp³-hybridized carbons (Fsp3) is 0.286. The lowest BCUT2D eigenvalue weighted by molar-refractivity contribution is 0.0937. The minimum absolute atomic E-state index is 0.113. The van der Waals surface area contributed by atoms with E-state index in [4.69, 9.17) is 16.3 Å². The largest absolute Gasteiger partial charge is 0.383 e. The highest BCUT2D eigenvalue weighted by atomic mass is 35.5. The summed E-state index contributed by atoms with van der Waals surface area (Å²) < 4.78 is 4.90. The van der Waals surface area contributed by atoms with E-state index >= 15 is 0 Å². The van der Waals surface area contributed by atoms with Gasteiger partial charge in [0.2, 0.25) is 0 Å². The third-order valence-corrected chi connectivity index (χ3v) is 3.87. The second-order valence-electron chi connectivity index (χ2n) is 4.11. The van der Waals surface area contributed by atoms with Gasteiger partial charge in [-0.1, -0.05) is 12.1 Å². The Bertz CT molecular complexity index is 586. The highest BCUT2D eigenvalue weighted by Gasteiger charge is 2.09. The number of hydrogen-bond acceptors (Lipinski definition) is 4. The fourth-order valence-corrected chi connectivity index (χ4v) is 2.71. The Morgan fingerprint density at radius 2 is 2.35 bits per heavy atom. The Kier molecular flexibility index (Phi) is 5.52. The van der Waals surface area contributed by atoms with Crippen molar-refractivity contribution in [3.63, 3.8) is 0 Å². The van der Waals surface area contributed by atoms with Crippen LogP contribution < -0.4 is 5.32 Å². The number of carbonyl (C=O) groups is 1. The Hall–Kier alpha value is -1.43. The summed E-state index contributed by atoms with van der Waals surface area (Å²) in [5, 5.41) is 5.58. The van der Waals surface area contributed by atoms with E-state index in [2.05, 4.69) is 10.3 Å². The van der Waals surface area contributed by atoms with Crippen LogP contribution in [0.15, 0.2) is 29.6 Å². The SMILES string of the molecule is COCCNC(=O)c1cccc(-c2nc(CCl)cs2)c1. The number of rotatable bonds is 6. The molecule has 6 heteroatoms. The summed E-state index contributed by atoms with van der Waals surface area (Å²) in [5.41, 5.74) is 2.38. The van der Waals surface area contributed by atoms with Crippen LogP contribution in [-0.2, 0) is 10.6 Å². The lowest BCUT2D eigenvalue weighted by Gasteiger charge is -2.05. The summed E-state index contributed by atoms with van der Waals surface area (Å²) in [5.74, 6) is 0.284. The van der Waals surface area contributed by atoms with Crippen molar-refractivity contribution in [2.45, 2.75) is 5.88 Å². The number of nitrogens with zero attached hydrogens (tertiary/aromatic N) is 1. The van der Waals surface area contributed by atoms with Crippen molar-refractivity contribution in [2.24, 2.45) is 0 Å². The molecule has 0 aliphatic heterocycles. The quantitative estimate of drug-likeness (QED) is 0.659. The number of amides is 1. The smallest absolute Gasteiger partial charge is 0.251 e. The zero-order chi connectivity index (χ0) is 14.4. The molecule has 1 aromatic carbocycles. The molecule has 0 fully saturated rings. The van der Waals surface area contributed by atoms with E-state index < -0.39 is 0 Å². The van der Waals surface area contributed by atoms with Crippen LogP contribution >= 0.6 is 22.9 Å². The number of halogens is 1. The molecule has 1 aromatic heterocycles. The van der Waals surface area contributed by atoms with E-state index in [0.29, 0.717) is 24.6 Å². The van der Waals surface area contributed by atoms with Crippen molar-refractivity contribution in [2.75, 3.05) is 20.3 Å².